The lowest BCUT2D eigenvalue weighted by Gasteiger charge is -2.28. The van der Waals surface area contributed by atoms with Gasteiger partial charge in [0.15, 0.2) is 0 Å². The van der Waals surface area contributed by atoms with Gasteiger partial charge in [0, 0.05) is 6.54 Å². The molecule has 0 saturated carbocycles. The van der Waals surface area contributed by atoms with Gasteiger partial charge in [0.25, 0.3) is 0 Å². The van der Waals surface area contributed by atoms with Gasteiger partial charge in [0.05, 0.1) is 18.3 Å². The van der Waals surface area contributed by atoms with Crippen molar-refractivity contribution >= 4 is 0 Å². The van der Waals surface area contributed by atoms with Crippen molar-refractivity contribution < 1.29 is 9.84 Å². The minimum Gasteiger partial charge on any atom is -0.388 e. The largest absolute Gasteiger partial charge is 0.388 e. The number of ether oxygens (including phenoxy) is 1. The van der Waals surface area contributed by atoms with E-state index in [1.54, 1.807) is 0 Å². The summed E-state index contributed by atoms with van der Waals surface area (Å²) in [6.07, 6.45) is 3.34. The summed E-state index contributed by atoms with van der Waals surface area (Å²) < 4.78 is 5.63. The quantitative estimate of drug-likeness (QED) is 0.687. The summed E-state index contributed by atoms with van der Waals surface area (Å²) >= 11 is 0. The van der Waals surface area contributed by atoms with Crippen molar-refractivity contribution in [1.82, 2.24) is 5.32 Å². The van der Waals surface area contributed by atoms with Gasteiger partial charge in [-0.3, -0.25) is 0 Å². The van der Waals surface area contributed by atoms with Gasteiger partial charge in [-0.2, -0.15) is 0 Å². The molecule has 1 aliphatic rings. The van der Waals surface area contributed by atoms with Gasteiger partial charge in [0.2, 0.25) is 0 Å². The SMILES string of the molecule is CCC(C)(O)COC1CCCNC1. The molecule has 2 unspecified atom stereocenters. The van der Waals surface area contributed by atoms with Gasteiger partial charge >= 0.3 is 0 Å². The van der Waals surface area contributed by atoms with Gasteiger partial charge in [-0.15, -0.1) is 0 Å². The monoisotopic (exact) mass is 187 g/mol. The van der Waals surface area contributed by atoms with Crippen LogP contribution in [-0.4, -0.2) is 36.5 Å². The van der Waals surface area contributed by atoms with Crippen molar-refractivity contribution in [2.45, 2.75) is 44.8 Å². The smallest absolute Gasteiger partial charge is 0.0849 e. The molecule has 0 radical (unpaired) electrons. The van der Waals surface area contributed by atoms with Crippen LogP contribution in [-0.2, 0) is 4.74 Å². The number of aliphatic hydroxyl groups is 1. The molecule has 0 aliphatic carbocycles. The van der Waals surface area contributed by atoms with Gasteiger partial charge < -0.3 is 15.2 Å². The number of piperidine rings is 1. The van der Waals surface area contributed by atoms with Crippen molar-refractivity contribution in [2.75, 3.05) is 19.7 Å². The lowest BCUT2D eigenvalue weighted by Crippen LogP contribution is -2.39. The zero-order valence-corrected chi connectivity index (χ0v) is 8.68. The summed E-state index contributed by atoms with van der Waals surface area (Å²) in [6.45, 7) is 6.28. The van der Waals surface area contributed by atoms with Gasteiger partial charge in [0.1, 0.15) is 0 Å². The van der Waals surface area contributed by atoms with Crippen LogP contribution >= 0.6 is 0 Å². The molecule has 78 valence electrons. The molecule has 0 bridgehead atoms. The zero-order chi connectivity index (χ0) is 9.73. The first kappa shape index (κ1) is 11.0. The van der Waals surface area contributed by atoms with Crippen LogP contribution in [0.2, 0.25) is 0 Å². The van der Waals surface area contributed by atoms with Gasteiger partial charge in [-0.25, -0.2) is 0 Å². The van der Waals surface area contributed by atoms with Crippen LogP contribution in [0, 0.1) is 0 Å². The maximum Gasteiger partial charge on any atom is 0.0849 e. The molecule has 3 heteroatoms. The van der Waals surface area contributed by atoms with Crippen LogP contribution in [0.4, 0.5) is 0 Å². The summed E-state index contributed by atoms with van der Waals surface area (Å²) in [7, 11) is 0. The maximum atomic E-state index is 9.71. The number of nitrogens with one attached hydrogen (secondary N) is 1. The van der Waals surface area contributed by atoms with Crippen LogP contribution in [0.25, 0.3) is 0 Å². The predicted molar refractivity (Wildman–Crippen MR) is 52.8 cm³/mol. The molecule has 0 amide bonds. The van der Waals surface area contributed by atoms with E-state index in [9.17, 15) is 5.11 Å². The minimum atomic E-state index is -0.655. The molecule has 1 aliphatic heterocycles. The predicted octanol–water partition coefficient (Wildman–Crippen LogP) is 0.916. The Balaban J connectivity index is 2.17. The van der Waals surface area contributed by atoms with E-state index in [2.05, 4.69) is 5.32 Å². The Morgan fingerprint density at radius 2 is 2.38 bits per heavy atom. The van der Waals surface area contributed by atoms with E-state index in [-0.39, 0.29) is 0 Å². The van der Waals surface area contributed by atoms with Crippen molar-refractivity contribution in [3.8, 4) is 0 Å². The Bertz CT molecular complexity index is 142. The normalized spacial score (nSPS) is 28.4. The third-order valence-electron chi connectivity index (χ3n) is 2.64. The Kier molecular flexibility index (Phi) is 4.16. The Morgan fingerprint density at radius 1 is 1.62 bits per heavy atom. The average Bonchev–Trinajstić information content (AvgIpc) is 2.17. The van der Waals surface area contributed by atoms with E-state index in [1.165, 1.54) is 6.42 Å². The van der Waals surface area contributed by atoms with E-state index in [1.807, 2.05) is 13.8 Å². The molecule has 0 aromatic rings. The first-order valence-electron chi connectivity index (χ1n) is 5.19. The summed E-state index contributed by atoms with van der Waals surface area (Å²) in [6, 6.07) is 0. The van der Waals surface area contributed by atoms with E-state index in [0.717, 1.165) is 25.9 Å². The van der Waals surface area contributed by atoms with Crippen LogP contribution in [0.15, 0.2) is 0 Å². The molecule has 13 heavy (non-hydrogen) atoms. The lowest BCUT2D eigenvalue weighted by atomic mass is 10.1. The molecule has 2 atom stereocenters. The Morgan fingerprint density at radius 3 is 2.92 bits per heavy atom. The second-order valence-electron chi connectivity index (χ2n) is 4.13. The third-order valence-corrected chi connectivity index (χ3v) is 2.64. The average molecular weight is 187 g/mol. The molecule has 2 N–H and O–H groups in total. The highest BCUT2D eigenvalue weighted by Gasteiger charge is 2.21. The van der Waals surface area contributed by atoms with Crippen LogP contribution < -0.4 is 5.32 Å². The number of hydrogen-bond donors (Lipinski definition) is 2. The minimum absolute atomic E-state index is 0.298. The summed E-state index contributed by atoms with van der Waals surface area (Å²) in [5.74, 6) is 0. The van der Waals surface area contributed by atoms with Crippen LogP contribution in [0.1, 0.15) is 33.1 Å². The topological polar surface area (TPSA) is 41.5 Å². The first-order valence-corrected chi connectivity index (χ1v) is 5.19. The van der Waals surface area contributed by atoms with Crippen LogP contribution in [0.3, 0.4) is 0 Å². The molecule has 3 nitrogen and oxygen atoms in total. The van der Waals surface area contributed by atoms with E-state index < -0.39 is 5.60 Å². The molecular weight excluding hydrogens is 166 g/mol. The molecule has 0 aromatic heterocycles. The van der Waals surface area contributed by atoms with E-state index in [4.69, 9.17) is 4.74 Å². The number of hydrogen-bond acceptors (Lipinski definition) is 3. The van der Waals surface area contributed by atoms with Crippen molar-refractivity contribution in [1.29, 1.82) is 0 Å². The second kappa shape index (κ2) is 4.94. The maximum absolute atomic E-state index is 9.71. The standard InChI is InChI=1S/C10H21NO2/c1-3-10(2,12)8-13-9-5-4-6-11-7-9/h9,11-12H,3-8H2,1-2H3. The van der Waals surface area contributed by atoms with Gasteiger partial charge in [-0.1, -0.05) is 6.92 Å². The molecule has 1 fully saturated rings. The number of rotatable bonds is 4. The fraction of sp³-hybridized carbons (Fsp3) is 1.00. The van der Waals surface area contributed by atoms with Crippen molar-refractivity contribution in [2.24, 2.45) is 0 Å². The molecular formula is C10H21NO2. The van der Waals surface area contributed by atoms with Crippen molar-refractivity contribution in [3.63, 3.8) is 0 Å². The molecule has 0 aromatic carbocycles. The third kappa shape index (κ3) is 4.07. The highest BCUT2D eigenvalue weighted by atomic mass is 16.5. The van der Waals surface area contributed by atoms with E-state index >= 15 is 0 Å². The molecule has 1 saturated heterocycles. The van der Waals surface area contributed by atoms with Gasteiger partial charge in [-0.05, 0) is 32.7 Å². The highest BCUT2D eigenvalue weighted by molar-refractivity contribution is 4.73. The fourth-order valence-corrected chi connectivity index (χ4v) is 1.36. The Hall–Kier alpha value is -0.120. The van der Waals surface area contributed by atoms with E-state index in [0.29, 0.717) is 12.7 Å². The second-order valence-corrected chi connectivity index (χ2v) is 4.13. The van der Waals surface area contributed by atoms with Crippen LogP contribution in [0.5, 0.6) is 0 Å². The zero-order valence-electron chi connectivity index (χ0n) is 8.68. The lowest BCUT2D eigenvalue weighted by molar-refractivity contribution is -0.0692. The summed E-state index contributed by atoms with van der Waals surface area (Å²) in [4.78, 5) is 0. The summed E-state index contributed by atoms with van der Waals surface area (Å²) in [5.41, 5.74) is -0.655. The first-order chi connectivity index (χ1) is 6.14. The Labute approximate surface area is 80.5 Å². The molecule has 1 rings (SSSR count). The molecule has 0 spiro atoms. The van der Waals surface area contributed by atoms with Crippen molar-refractivity contribution in [3.05, 3.63) is 0 Å². The molecule has 1 heterocycles. The summed E-state index contributed by atoms with van der Waals surface area (Å²) in [5, 5.41) is 13.0. The highest BCUT2D eigenvalue weighted by Crippen LogP contribution is 2.13. The fourth-order valence-electron chi connectivity index (χ4n) is 1.36.